The number of hydrogen-bond donors (Lipinski definition) is 1. The molecule has 1 saturated heterocycles. The van der Waals surface area contributed by atoms with Crippen LogP contribution in [0, 0.1) is 17.6 Å². The lowest BCUT2D eigenvalue weighted by Gasteiger charge is -2.39. The lowest BCUT2D eigenvalue weighted by molar-refractivity contribution is -0.135. The van der Waals surface area contributed by atoms with E-state index in [0.717, 1.165) is 31.0 Å². The van der Waals surface area contributed by atoms with Crippen LogP contribution in [0.2, 0.25) is 0 Å². The number of piperidine rings is 1. The van der Waals surface area contributed by atoms with Crippen molar-refractivity contribution in [1.29, 1.82) is 0 Å². The Morgan fingerprint density at radius 2 is 2.20 bits per heavy atom. The molecule has 0 aliphatic carbocycles. The van der Waals surface area contributed by atoms with E-state index in [1.165, 1.54) is 0 Å². The monoisotopic (exact) mass is 282 g/mol. The van der Waals surface area contributed by atoms with Gasteiger partial charge in [-0.05, 0) is 37.0 Å². The van der Waals surface area contributed by atoms with Crippen LogP contribution < -0.4 is 5.73 Å². The van der Waals surface area contributed by atoms with Crippen molar-refractivity contribution >= 4 is 5.91 Å². The Bertz CT molecular complexity index is 493. The minimum atomic E-state index is -0.547. The maximum Gasteiger partial charge on any atom is 0.227 e. The van der Waals surface area contributed by atoms with Crippen molar-refractivity contribution in [3.05, 3.63) is 35.4 Å². The number of amides is 1. The van der Waals surface area contributed by atoms with Crippen LogP contribution in [-0.4, -0.2) is 29.9 Å². The third-order valence-corrected chi connectivity index (χ3v) is 4.03. The molecular formula is C15H20F2N2O. The van der Waals surface area contributed by atoms with Gasteiger partial charge in [0.05, 0.1) is 6.42 Å². The number of carbonyl (C=O) groups excluding carboxylic acids is 1. The summed E-state index contributed by atoms with van der Waals surface area (Å²) in [4.78, 5) is 14.0. The molecule has 0 spiro atoms. The van der Waals surface area contributed by atoms with Crippen LogP contribution in [-0.2, 0) is 11.2 Å². The first-order chi connectivity index (χ1) is 9.52. The van der Waals surface area contributed by atoms with Gasteiger partial charge in [0.25, 0.3) is 0 Å². The van der Waals surface area contributed by atoms with Gasteiger partial charge in [0, 0.05) is 24.7 Å². The minimum absolute atomic E-state index is 0.00660. The van der Waals surface area contributed by atoms with Crippen LogP contribution in [0.1, 0.15) is 25.3 Å². The van der Waals surface area contributed by atoms with Crippen LogP contribution in [0.5, 0.6) is 0 Å². The Balaban J connectivity index is 2.12. The second kappa shape index (κ2) is 6.31. The van der Waals surface area contributed by atoms with Gasteiger partial charge >= 0.3 is 0 Å². The van der Waals surface area contributed by atoms with Crippen LogP contribution in [0.4, 0.5) is 8.78 Å². The summed E-state index contributed by atoms with van der Waals surface area (Å²) in [6.07, 6.45) is 1.85. The largest absolute Gasteiger partial charge is 0.338 e. The molecule has 0 unspecified atom stereocenters. The maximum absolute atomic E-state index is 13.6. The number of hydrogen-bond acceptors (Lipinski definition) is 2. The zero-order valence-electron chi connectivity index (χ0n) is 11.6. The number of benzene rings is 1. The smallest absolute Gasteiger partial charge is 0.227 e. The molecule has 3 nitrogen and oxygen atoms in total. The molecule has 2 N–H and O–H groups in total. The molecule has 1 aromatic rings. The Morgan fingerprint density at radius 3 is 2.90 bits per heavy atom. The van der Waals surface area contributed by atoms with Crippen molar-refractivity contribution in [1.82, 2.24) is 4.90 Å². The highest BCUT2D eigenvalue weighted by atomic mass is 19.1. The fourth-order valence-electron chi connectivity index (χ4n) is 2.86. The van der Waals surface area contributed by atoms with Crippen molar-refractivity contribution in [2.24, 2.45) is 11.7 Å². The third kappa shape index (κ3) is 3.15. The topological polar surface area (TPSA) is 46.3 Å². The zero-order valence-corrected chi connectivity index (χ0v) is 11.6. The Labute approximate surface area is 117 Å². The summed E-state index contributed by atoms with van der Waals surface area (Å²) in [6.45, 7) is 3.11. The van der Waals surface area contributed by atoms with E-state index in [2.05, 4.69) is 6.92 Å². The van der Waals surface area contributed by atoms with Gasteiger partial charge in [-0.25, -0.2) is 8.78 Å². The van der Waals surface area contributed by atoms with E-state index in [0.29, 0.717) is 19.0 Å². The van der Waals surface area contributed by atoms with E-state index in [1.807, 2.05) is 0 Å². The minimum Gasteiger partial charge on any atom is -0.338 e. The molecule has 1 aromatic carbocycles. The van der Waals surface area contributed by atoms with E-state index in [9.17, 15) is 13.6 Å². The molecule has 0 saturated carbocycles. The highest BCUT2D eigenvalue weighted by molar-refractivity contribution is 5.79. The van der Waals surface area contributed by atoms with Gasteiger partial charge in [-0.1, -0.05) is 6.92 Å². The Hall–Kier alpha value is -1.49. The summed E-state index contributed by atoms with van der Waals surface area (Å²) >= 11 is 0. The predicted octanol–water partition coefficient (Wildman–Crippen LogP) is 2.09. The summed E-state index contributed by atoms with van der Waals surface area (Å²) in [5.41, 5.74) is 5.84. The van der Waals surface area contributed by atoms with Crippen molar-refractivity contribution in [3.8, 4) is 0 Å². The van der Waals surface area contributed by atoms with Crippen LogP contribution in [0.3, 0.4) is 0 Å². The number of carbonyl (C=O) groups is 1. The molecule has 20 heavy (non-hydrogen) atoms. The SMILES string of the molecule is C[C@H]1CCCN(C(=O)Cc2cc(F)ccc2F)[C@H]1CN. The molecule has 1 aliphatic heterocycles. The Morgan fingerprint density at radius 1 is 1.45 bits per heavy atom. The summed E-state index contributed by atoms with van der Waals surface area (Å²) in [5, 5.41) is 0. The lowest BCUT2D eigenvalue weighted by atomic mass is 9.90. The molecule has 1 amide bonds. The number of rotatable bonds is 3. The van der Waals surface area contributed by atoms with E-state index < -0.39 is 11.6 Å². The van der Waals surface area contributed by atoms with E-state index in [-0.39, 0.29) is 23.9 Å². The van der Waals surface area contributed by atoms with Gasteiger partial charge in [-0.3, -0.25) is 4.79 Å². The van der Waals surface area contributed by atoms with Gasteiger partial charge in [-0.15, -0.1) is 0 Å². The fourth-order valence-corrected chi connectivity index (χ4v) is 2.86. The second-order valence-electron chi connectivity index (χ2n) is 5.42. The van der Waals surface area contributed by atoms with Crippen LogP contribution in [0.25, 0.3) is 0 Å². The van der Waals surface area contributed by atoms with E-state index in [4.69, 9.17) is 5.73 Å². The fraction of sp³-hybridized carbons (Fsp3) is 0.533. The number of nitrogens with zero attached hydrogens (tertiary/aromatic N) is 1. The van der Waals surface area contributed by atoms with Gasteiger partial charge in [0.2, 0.25) is 5.91 Å². The summed E-state index contributed by atoms with van der Waals surface area (Å²) in [5.74, 6) is -0.919. The molecule has 0 aromatic heterocycles. The Kier molecular flexibility index (Phi) is 4.70. The van der Waals surface area contributed by atoms with Gasteiger partial charge < -0.3 is 10.6 Å². The molecule has 2 atom stereocenters. The predicted molar refractivity (Wildman–Crippen MR) is 73.0 cm³/mol. The van der Waals surface area contributed by atoms with Crippen molar-refractivity contribution < 1.29 is 13.6 Å². The van der Waals surface area contributed by atoms with E-state index in [1.54, 1.807) is 4.90 Å². The first-order valence-electron chi connectivity index (χ1n) is 6.96. The number of halogens is 2. The molecule has 0 radical (unpaired) electrons. The zero-order chi connectivity index (χ0) is 14.7. The number of nitrogens with two attached hydrogens (primary N) is 1. The quantitative estimate of drug-likeness (QED) is 0.922. The summed E-state index contributed by atoms with van der Waals surface area (Å²) in [6, 6.07) is 3.18. The van der Waals surface area contributed by atoms with Gasteiger partial charge in [0.15, 0.2) is 0 Å². The van der Waals surface area contributed by atoms with Crippen molar-refractivity contribution in [2.45, 2.75) is 32.2 Å². The second-order valence-corrected chi connectivity index (χ2v) is 5.42. The molecular weight excluding hydrogens is 262 g/mol. The molecule has 110 valence electrons. The molecule has 1 aliphatic rings. The summed E-state index contributed by atoms with van der Waals surface area (Å²) < 4.78 is 26.7. The highest BCUT2D eigenvalue weighted by Crippen LogP contribution is 2.23. The third-order valence-electron chi connectivity index (χ3n) is 4.03. The molecule has 5 heteroatoms. The standard InChI is InChI=1S/C15H20F2N2O/c1-10-3-2-6-19(14(10)9-18)15(20)8-11-7-12(16)4-5-13(11)17/h4-5,7,10,14H,2-3,6,8-9,18H2,1H3/t10-,14-/m0/s1. The van der Waals surface area contributed by atoms with Crippen LogP contribution in [0.15, 0.2) is 18.2 Å². The van der Waals surface area contributed by atoms with Crippen LogP contribution >= 0.6 is 0 Å². The van der Waals surface area contributed by atoms with Gasteiger partial charge in [-0.2, -0.15) is 0 Å². The van der Waals surface area contributed by atoms with Gasteiger partial charge in [0.1, 0.15) is 11.6 Å². The molecule has 1 fully saturated rings. The number of likely N-dealkylation sites (tertiary alicyclic amines) is 1. The normalized spacial score (nSPS) is 22.9. The first-order valence-corrected chi connectivity index (χ1v) is 6.96. The van der Waals surface area contributed by atoms with Crippen molar-refractivity contribution in [2.75, 3.05) is 13.1 Å². The molecule has 0 bridgehead atoms. The maximum atomic E-state index is 13.6. The first kappa shape index (κ1) is 14.9. The molecule has 2 rings (SSSR count). The van der Waals surface area contributed by atoms with Crippen molar-refractivity contribution in [3.63, 3.8) is 0 Å². The molecule has 1 heterocycles. The summed E-state index contributed by atoms with van der Waals surface area (Å²) in [7, 11) is 0. The average Bonchev–Trinajstić information content (AvgIpc) is 2.42. The highest BCUT2D eigenvalue weighted by Gasteiger charge is 2.30. The lowest BCUT2D eigenvalue weighted by Crippen LogP contribution is -2.51. The average molecular weight is 282 g/mol. The van der Waals surface area contributed by atoms with E-state index >= 15 is 0 Å².